The number of hydrogen-bond donors (Lipinski definition) is 0. The summed E-state index contributed by atoms with van der Waals surface area (Å²) in [6, 6.07) is 14.3. The van der Waals surface area contributed by atoms with Crippen molar-refractivity contribution in [1.29, 1.82) is 0 Å². The van der Waals surface area contributed by atoms with E-state index in [1.165, 1.54) is 0 Å². The van der Waals surface area contributed by atoms with Crippen LogP contribution in [0.25, 0.3) is 0 Å². The Hall–Kier alpha value is -2.38. The van der Waals surface area contributed by atoms with E-state index in [4.69, 9.17) is 4.74 Å². The lowest BCUT2D eigenvalue weighted by atomic mass is 10.0. The molecule has 1 atom stereocenters. The third-order valence-electron chi connectivity index (χ3n) is 6.30. The Morgan fingerprint density at radius 3 is 2.32 bits per heavy atom. The fourth-order valence-electron chi connectivity index (χ4n) is 4.57. The number of hydrogen-bond acceptors (Lipinski definition) is 4. The van der Waals surface area contributed by atoms with Gasteiger partial charge >= 0.3 is 0 Å². The van der Waals surface area contributed by atoms with Crippen molar-refractivity contribution in [2.24, 2.45) is 0 Å². The molecule has 0 radical (unpaired) electrons. The topological polar surface area (TPSA) is 66.9 Å². The smallest absolute Gasteiger partial charge is 0.254 e. The Kier molecular flexibility index (Phi) is 6.62. The van der Waals surface area contributed by atoms with E-state index in [1.54, 1.807) is 35.7 Å². The van der Waals surface area contributed by atoms with Gasteiger partial charge in [0.15, 0.2) is 0 Å². The normalized spacial score (nSPS) is 20.4. The van der Waals surface area contributed by atoms with Gasteiger partial charge in [-0.3, -0.25) is 4.79 Å². The Morgan fingerprint density at radius 1 is 0.935 bits per heavy atom. The van der Waals surface area contributed by atoms with Crippen LogP contribution in [-0.2, 0) is 10.0 Å². The molecule has 0 saturated carbocycles. The zero-order chi connectivity index (χ0) is 21.8. The number of likely N-dealkylation sites (tertiary alicyclic amines) is 1. The van der Waals surface area contributed by atoms with E-state index in [0.717, 1.165) is 49.8 Å². The van der Waals surface area contributed by atoms with Crippen LogP contribution in [0.2, 0.25) is 0 Å². The average molecular weight is 443 g/mol. The van der Waals surface area contributed by atoms with Gasteiger partial charge in [0.2, 0.25) is 10.0 Å². The maximum absolute atomic E-state index is 13.4. The number of carbonyl (C=O) groups excluding carboxylic acids is 1. The minimum absolute atomic E-state index is 0.00993. The van der Waals surface area contributed by atoms with Gasteiger partial charge in [-0.15, -0.1) is 0 Å². The summed E-state index contributed by atoms with van der Waals surface area (Å²) in [6.45, 7) is 1.76. The highest BCUT2D eigenvalue weighted by Crippen LogP contribution is 2.34. The predicted molar refractivity (Wildman–Crippen MR) is 120 cm³/mol. The summed E-state index contributed by atoms with van der Waals surface area (Å²) >= 11 is 0. The molecule has 4 rings (SSSR count). The molecule has 2 heterocycles. The highest BCUT2D eigenvalue weighted by molar-refractivity contribution is 7.89. The van der Waals surface area contributed by atoms with Gasteiger partial charge in [0.1, 0.15) is 5.75 Å². The van der Waals surface area contributed by atoms with Gasteiger partial charge in [0, 0.05) is 25.2 Å². The molecule has 0 bridgehead atoms. The molecule has 166 valence electrons. The predicted octanol–water partition coefficient (Wildman–Crippen LogP) is 4.24. The van der Waals surface area contributed by atoms with Gasteiger partial charge in [0.25, 0.3) is 5.91 Å². The molecule has 1 unspecified atom stereocenters. The monoisotopic (exact) mass is 442 g/mol. The number of sulfonamides is 1. The summed E-state index contributed by atoms with van der Waals surface area (Å²) in [5, 5.41) is 0. The van der Waals surface area contributed by atoms with Crippen molar-refractivity contribution in [3.05, 3.63) is 59.7 Å². The first-order chi connectivity index (χ1) is 15.0. The van der Waals surface area contributed by atoms with E-state index in [9.17, 15) is 13.2 Å². The van der Waals surface area contributed by atoms with Crippen LogP contribution in [0.1, 0.15) is 60.5 Å². The molecule has 0 N–H and O–H groups in total. The van der Waals surface area contributed by atoms with Crippen molar-refractivity contribution < 1.29 is 17.9 Å². The molecule has 2 aromatic rings. The molecule has 7 heteroatoms. The molecular formula is C24H30N2O4S. The van der Waals surface area contributed by atoms with Crippen molar-refractivity contribution in [3.8, 4) is 5.75 Å². The number of amides is 1. The summed E-state index contributed by atoms with van der Waals surface area (Å²) in [5.74, 6) is 0.664. The number of benzene rings is 2. The van der Waals surface area contributed by atoms with Crippen molar-refractivity contribution >= 4 is 15.9 Å². The van der Waals surface area contributed by atoms with Gasteiger partial charge in [-0.05, 0) is 61.6 Å². The molecule has 2 fully saturated rings. The lowest BCUT2D eigenvalue weighted by Gasteiger charge is -2.26. The van der Waals surface area contributed by atoms with Gasteiger partial charge in [0.05, 0.1) is 18.0 Å². The molecule has 2 aliphatic heterocycles. The molecule has 0 spiro atoms. The molecule has 6 nitrogen and oxygen atoms in total. The van der Waals surface area contributed by atoms with E-state index in [2.05, 4.69) is 0 Å². The summed E-state index contributed by atoms with van der Waals surface area (Å²) in [5.41, 5.74) is 1.50. The molecule has 1 amide bonds. The van der Waals surface area contributed by atoms with Crippen LogP contribution >= 0.6 is 0 Å². The maximum atomic E-state index is 13.4. The number of methoxy groups -OCH3 is 1. The quantitative estimate of drug-likeness (QED) is 0.695. The Labute approximate surface area is 184 Å². The Balaban J connectivity index is 1.57. The van der Waals surface area contributed by atoms with Crippen molar-refractivity contribution in [2.45, 2.75) is 49.5 Å². The van der Waals surface area contributed by atoms with E-state index in [0.29, 0.717) is 25.2 Å². The zero-order valence-corrected chi connectivity index (χ0v) is 18.8. The minimum atomic E-state index is -3.59. The molecule has 2 aromatic carbocycles. The first kappa shape index (κ1) is 21.8. The summed E-state index contributed by atoms with van der Waals surface area (Å²) in [7, 11) is -1.96. The first-order valence-electron chi connectivity index (χ1n) is 11.1. The zero-order valence-electron chi connectivity index (χ0n) is 18.0. The minimum Gasteiger partial charge on any atom is -0.497 e. The summed E-state index contributed by atoms with van der Waals surface area (Å²) in [6.07, 6.45) is 5.71. The first-order valence-corrected chi connectivity index (χ1v) is 12.5. The standard InChI is InChI=1S/C24H30N2O4S/c1-30-21-13-11-19(12-14-21)23-10-7-17-26(23)24(27)20-8-6-9-22(18-20)31(28,29)25-15-4-2-3-5-16-25/h6,8-9,11-14,18,23H,2-5,7,10,15-17H2,1H3. The Morgan fingerprint density at radius 2 is 1.65 bits per heavy atom. The van der Waals surface area contributed by atoms with Crippen molar-refractivity contribution in [2.75, 3.05) is 26.7 Å². The maximum Gasteiger partial charge on any atom is 0.254 e. The van der Waals surface area contributed by atoms with Gasteiger partial charge < -0.3 is 9.64 Å². The SMILES string of the molecule is COc1ccc(C2CCCN2C(=O)c2cccc(S(=O)(=O)N3CCCCCC3)c2)cc1. The van der Waals surface area contributed by atoms with Crippen LogP contribution in [0.4, 0.5) is 0 Å². The average Bonchev–Trinajstić information content (AvgIpc) is 3.12. The van der Waals surface area contributed by atoms with Crippen LogP contribution in [-0.4, -0.2) is 50.3 Å². The lowest BCUT2D eigenvalue weighted by molar-refractivity contribution is 0.0735. The van der Waals surface area contributed by atoms with E-state index in [1.807, 2.05) is 29.2 Å². The van der Waals surface area contributed by atoms with Crippen molar-refractivity contribution in [3.63, 3.8) is 0 Å². The Bertz CT molecular complexity index is 1010. The van der Waals surface area contributed by atoms with E-state index < -0.39 is 10.0 Å². The second kappa shape index (κ2) is 9.40. The summed E-state index contributed by atoms with van der Waals surface area (Å²) in [4.78, 5) is 15.4. The largest absolute Gasteiger partial charge is 0.497 e. The number of carbonyl (C=O) groups is 1. The second-order valence-corrected chi connectivity index (χ2v) is 10.2. The fourth-order valence-corrected chi connectivity index (χ4v) is 6.13. The summed E-state index contributed by atoms with van der Waals surface area (Å²) < 4.78 is 33.1. The third-order valence-corrected chi connectivity index (χ3v) is 8.19. The van der Waals surface area contributed by atoms with Crippen LogP contribution in [0.3, 0.4) is 0 Å². The molecule has 2 aliphatic rings. The third kappa shape index (κ3) is 4.62. The highest BCUT2D eigenvalue weighted by atomic mass is 32.2. The van der Waals surface area contributed by atoms with Gasteiger partial charge in [-0.25, -0.2) is 8.42 Å². The number of rotatable bonds is 5. The van der Waals surface area contributed by atoms with E-state index >= 15 is 0 Å². The fraction of sp³-hybridized carbons (Fsp3) is 0.458. The molecule has 2 saturated heterocycles. The molecule has 0 aromatic heterocycles. The van der Waals surface area contributed by atoms with Crippen LogP contribution < -0.4 is 4.74 Å². The number of nitrogens with zero attached hydrogens (tertiary/aromatic N) is 2. The van der Waals surface area contributed by atoms with Crippen LogP contribution in [0.5, 0.6) is 5.75 Å². The lowest BCUT2D eigenvalue weighted by Crippen LogP contribution is -2.33. The highest BCUT2D eigenvalue weighted by Gasteiger charge is 2.32. The van der Waals surface area contributed by atoms with Crippen LogP contribution in [0, 0.1) is 0 Å². The van der Waals surface area contributed by atoms with Crippen molar-refractivity contribution in [1.82, 2.24) is 9.21 Å². The number of ether oxygens (including phenoxy) is 1. The van der Waals surface area contributed by atoms with E-state index in [-0.39, 0.29) is 16.8 Å². The molecular weight excluding hydrogens is 412 g/mol. The van der Waals surface area contributed by atoms with Gasteiger partial charge in [-0.2, -0.15) is 4.31 Å². The molecule has 0 aliphatic carbocycles. The van der Waals surface area contributed by atoms with Gasteiger partial charge in [-0.1, -0.05) is 31.0 Å². The van der Waals surface area contributed by atoms with Crippen LogP contribution in [0.15, 0.2) is 53.4 Å². The second-order valence-electron chi connectivity index (χ2n) is 8.28. The molecule has 31 heavy (non-hydrogen) atoms.